The Morgan fingerprint density at radius 3 is 2.73 bits per heavy atom. The fourth-order valence-corrected chi connectivity index (χ4v) is 1.39. The first-order valence-corrected chi connectivity index (χ1v) is 5.60. The number of hydrogen-bond acceptors (Lipinski definition) is 3. The average molecular weight is 208 g/mol. The highest BCUT2D eigenvalue weighted by molar-refractivity contribution is 5.41. The third-order valence-corrected chi connectivity index (χ3v) is 2.30. The van der Waals surface area contributed by atoms with E-state index in [1.165, 1.54) is 25.7 Å². The number of anilines is 1. The fourth-order valence-electron chi connectivity index (χ4n) is 1.39. The van der Waals surface area contributed by atoms with Gasteiger partial charge in [-0.2, -0.15) is 0 Å². The van der Waals surface area contributed by atoms with Gasteiger partial charge in [-0.1, -0.05) is 26.2 Å². The van der Waals surface area contributed by atoms with Gasteiger partial charge in [-0.25, -0.2) is 4.98 Å². The van der Waals surface area contributed by atoms with Crippen LogP contribution in [0.4, 0.5) is 5.69 Å². The Balaban J connectivity index is 2.20. The molecule has 0 saturated heterocycles. The summed E-state index contributed by atoms with van der Waals surface area (Å²) in [4.78, 5) is 4.13. The Labute approximate surface area is 91.9 Å². The molecule has 0 unspecified atom stereocenters. The molecule has 0 bridgehead atoms. The van der Waals surface area contributed by atoms with Crippen LogP contribution in [0, 0.1) is 0 Å². The van der Waals surface area contributed by atoms with Crippen molar-refractivity contribution in [2.24, 2.45) is 0 Å². The monoisotopic (exact) mass is 208 g/mol. The molecule has 1 rings (SSSR count). The number of pyridine rings is 1. The van der Waals surface area contributed by atoms with Crippen LogP contribution < -0.4 is 10.1 Å². The maximum atomic E-state index is 4.99. The topological polar surface area (TPSA) is 34.1 Å². The van der Waals surface area contributed by atoms with E-state index in [2.05, 4.69) is 17.2 Å². The summed E-state index contributed by atoms with van der Waals surface area (Å²) in [5, 5.41) is 3.34. The van der Waals surface area contributed by atoms with E-state index in [1.54, 1.807) is 13.3 Å². The zero-order chi connectivity index (χ0) is 10.9. The van der Waals surface area contributed by atoms with E-state index in [0.29, 0.717) is 5.88 Å². The van der Waals surface area contributed by atoms with Crippen LogP contribution in [-0.2, 0) is 0 Å². The summed E-state index contributed by atoms with van der Waals surface area (Å²) in [7, 11) is 1.63. The molecule has 15 heavy (non-hydrogen) atoms. The molecule has 84 valence electrons. The first kappa shape index (κ1) is 11.8. The minimum atomic E-state index is 0.659. The Morgan fingerprint density at radius 1 is 1.27 bits per heavy atom. The number of hydrogen-bond donors (Lipinski definition) is 1. The van der Waals surface area contributed by atoms with Crippen LogP contribution in [0.25, 0.3) is 0 Å². The molecule has 0 radical (unpaired) electrons. The second-order valence-corrected chi connectivity index (χ2v) is 3.58. The molecule has 1 N–H and O–H groups in total. The number of ether oxygens (including phenoxy) is 1. The van der Waals surface area contributed by atoms with Crippen molar-refractivity contribution in [1.29, 1.82) is 0 Å². The normalized spacial score (nSPS) is 10.0. The van der Waals surface area contributed by atoms with E-state index in [1.807, 2.05) is 12.1 Å². The third kappa shape index (κ3) is 4.68. The lowest BCUT2D eigenvalue weighted by molar-refractivity contribution is 0.398. The van der Waals surface area contributed by atoms with Crippen LogP contribution in [0.5, 0.6) is 5.88 Å². The molecule has 0 spiro atoms. The van der Waals surface area contributed by atoms with Gasteiger partial charge in [0.05, 0.1) is 19.0 Å². The number of rotatable bonds is 7. The van der Waals surface area contributed by atoms with Gasteiger partial charge in [-0.3, -0.25) is 0 Å². The molecule has 0 amide bonds. The van der Waals surface area contributed by atoms with Crippen molar-refractivity contribution in [1.82, 2.24) is 4.98 Å². The van der Waals surface area contributed by atoms with Crippen molar-refractivity contribution in [3.8, 4) is 5.88 Å². The van der Waals surface area contributed by atoms with Gasteiger partial charge < -0.3 is 10.1 Å². The molecule has 0 aliphatic rings. The first-order valence-electron chi connectivity index (χ1n) is 5.60. The van der Waals surface area contributed by atoms with Crippen LogP contribution in [0.1, 0.15) is 32.6 Å². The summed E-state index contributed by atoms with van der Waals surface area (Å²) in [5.74, 6) is 0.659. The Morgan fingerprint density at radius 2 is 2.13 bits per heavy atom. The Bertz CT molecular complexity index is 259. The first-order chi connectivity index (χ1) is 7.36. The van der Waals surface area contributed by atoms with E-state index in [0.717, 1.165) is 12.2 Å². The lowest BCUT2D eigenvalue weighted by Gasteiger charge is -2.06. The van der Waals surface area contributed by atoms with Gasteiger partial charge in [-0.05, 0) is 12.5 Å². The summed E-state index contributed by atoms with van der Waals surface area (Å²) in [6.07, 6.45) is 6.93. The van der Waals surface area contributed by atoms with Crippen LogP contribution >= 0.6 is 0 Å². The predicted molar refractivity (Wildman–Crippen MR) is 63.4 cm³/mol. The number of unbranched alkanes of at least 4 members (excludes halogenated alkanes) is 3. The molecule has 1 aromatic rings. The van der Waals surface area contributed by atoms with Gasteiger partial charge in [0.25, 0.3) is 0 Å². The van der Waals surface area contributed by atoms with Crippen molar-refractivity contribution < 1.29 is 4.74 Å². The zero-order valence-corrected chi connectivity index (χ0v) is 9.62. The minimum Gasteiger partial charge on any atom is -0.481 e. The van der Waals surface area contributed by atoms with Gasteiger partial charge in [0.1, 0.15) is 0 Å². The second-order valence-electron chi connectivity index (χ2n) is 3.58. The van der Waals surface area contributed by atoms with Crippen LogP contribution in [0.3, 0.4) is 0 Å². The highest BCUT2D eigenvalue weighted by atomic mass is 16.5. The van der Waals surface area contributed by atoms with Crippen molar-refractivity contribution >= 4 is 5.69 Å². The minimum absolute atomic E-state index is 0.659. The molecule has 1 heterocycles. The van der Waals surface area contributed by atoms with Crippen molar-refractivity contribution in [3.63, 3.8) is 0 Å². The van der Waals surface area contributed by atoms with Crippen molar-refractivity contribution in [2.45, 2.75) is 32.6 Å². The quantitative estimate of drug-likeness (QED) is 0.699. The second kappa shape index (κ2) is 7.10. The molecule has 0 fully saturated rings. The van der Waals surface area contributed by atoms with Gasteiger partial charge in [0.15, 0.2) is 0 Å². The molecular formula is C12H20N2O. The largest absolute Gasteiger partial charge is 0.481 e. The molecule has 1 aromatic heterocycles. The predicted octanol–water partition coefficient (Wildman–Crippen LogP) is 3.08. The SMILES string of the molecule is CCCCCCNc1ccc(OC)nc1. The molecular weight excluding hydrogens is 188 g/mol. The maximum Gasteiger partial charge on any atom is 0.213 e. The summed E-state index contributed by atoms with van der Waals surface area (Å²) in [5.41, 5.74) is 1.06. The Hall–Kier alpha value is -1.25. The highest BCUT2D eigenvalue weighted by Crippen LogP contribution is 2.11. The molecule has 0 saturated carbocycles. The summed E-state index contributed by atoms with van der Waals surface area (Å²) < 4.78 is 4.99. The number of nitrogens with one attached hydrogen (secondary N) is 1. The summed E-state index contributed by atoms with van der Waals surface area (Å²) in [6.45, 7) is 3.24. The van der Waals surface area contributed by atoms with E-state index < -0.39 is 0 Å². The van der Waals surface area contributed by atoms with Crippen molar-refractivity contribution in [2.75, 3.05) is 19.0 Å². The summed E-state index contributed by atoms with van der Waals surface area (Å²) >= 11 is 0. The lowest BCUT2D eigenvalue weighted by atomic mass is 10.2. The fraction of sp³-hybridized carbons (Fsp3) is 0.583. The molecule has 3 nitrogen and oxygen atoms in total. The average Bonchev–Trinajstić information content (AvgIpc) is 2.30. The highest BCUT2D eigenvalue weighted by Gasteiger charge is 1.94. The molecule has 3 heteroatoms. The standard InChI is InChI=1S/C12H20N2O/c1-3-4-5-6-9-13-11-7-8-12(15-2)14-10-11/h7-8,10,13H,3-6,9H2,1-2H3. The van der Waals surface area contributed by atoms with Gasteiger partial charge in [0, 0.05) is 12.6 Å². The van der Waals surface area contributed by atoms with Crippen LogP contribution in [-0.4, -0.2) is 18.6 Å². The number of methoxy groups -OCH3 is 1. The Kier molecular flexibility index (Phi) is 5.59. The molecule has 0 aromatic carbocycles. The van der Waals surface area contributed by atoms with Crippen LogP contribution in [0.15, 0.2) is 18.3 Å². The van der Waals surface area contributed by atoms with E-state index >= 15 is 0 Å². The smallest absolute Gasteiger partial charge is 0.213 e. The molecule has 0 aliphatic heterocycles. The van der Waals surface area contributed by atoms with Crippen molar-refractivity contribution in [3.05, 3.63) is 18.3 Å². The van der Waals surface area contributed by atoms with Gasteiger partial charge in [0.2, 0.25) is 5.88 Å². The molecule has 0 atom stereocenters. The van der Waals surface area contributed by atoms with E-state index in [4.69, 9.17) is 4.74 Å². The lowest BCUT2D eigenvalue weighted by Crippen LogP contribution is -2.01. The zero-order valence-electron chi connectivity index (χ0n) is 9.62. The van der Waals surface area contributed by atoms with Gasteiger partial charge in [-0.15, -0.1) is 0 Å². The van der Waals surface area contributed by atoms with Gasteiger partial charge >= 0.3 is 0 Å². The summed E-state index contributed by atoms with van der Waals surface area (Å²) in [6, 6.07) is 3.86. The van der Waals surface area contributed by atoms with E-state index in [9.17, 15) is 0 Å². The van der Waals surface area contributed by atoms with Crippen LogP contribution in [0.2, 0.25) is 0 Å². The number of aromatic nitrogens is 1. The maximum absolute atomic E-state index is 4.99. The van der Waals surface area contributed by atoms with E-state index in [-0.39, 0.29) is 0 Å². The molecule has 0 aliphatic carbocycles. The third-order valence-electron chi connectivity index (χ3n) is 2.30. The number of nitrogens with zero attached hydrogens (tertiary/aromatic N) is 1.